The predicted molar refractivity (Wildman–Crippen MR) is 75.9 cm³/mol. The summed E-state index contributed by atoms with van der Waals surface area (Å²) in [5.74, 6) is -0.513. The first-order valence-corrected chi connectivity index (χ1v) is 6.68. The van der Waals surface area contributed by atoms with Crippen LogP contribution < -0.4 is 5.32 Å². The highest BCUT2D eigenvalue weighted by Crippen LogP contribution is 2.06. The molecular formula is C14H21N3O4. The number of nitrogens with one attached hydrogen (secondary N) is 1. The number of methoxy groups -OCH3 is 1. The van der Waals surface area contributed by atoms with Crippen molar-refractivity contribution in [2.24, 2.45) is 0 Å². The summed E-state index contributed by atoms with van der Waals surface area (Å²) in [4.78, 5) is 30.7. The van der Waals surface area contributed by atoms with E-state index < -0.39 is 17.7 Å². The number of amides is 1. The molecule has 0 atom stereocenters. The zero-order chi connectivity index (χ0) is 15.9. The van der Waals surface area contributed by atoms with Crippen LogP contribution in [-0.2, 0) is 15.9 Å². The molecule has 0 spiro atoms. The molecule has 0 aliphatic heterocycles. The van der Waals surface area contributed by atoms with Gasteiger partial charge in [0.15, 0.2) is 5.69 Å². The van der Waals surface area contributed by atoms with E-state index in [1.165, 1.54) is 19.5 Å². The van der Waals surface area contributed by atoms with Crippen LogP contribution in [0, 0.1) is 0 Å². The summed E-state index contributed by atoms with van der Waals surface area (Å²) >= 11 is 0. The Labute approximate surface area is 124 Å². The van der Waals surface area contributed by atoms with Gasteiger partial charge in [0.1, 0.15) is 5.60 Å². The van der Waals surface area contributed by atoms with E-state index in [9.17, 15) is 9.59 Å². The number of hydrogen-bond acceptors (Lipinski definition) is 6. The second-order valence-electron chi connectivity index (χ2n) is 5.42. The van der Waals surface area contributed by atoms with E-state index in [1.807, 2.05) is 20.8 Å². The average Bonchev–Trinajstić information content (AvgIpc) is 2.41. The molecule has 0 saturated carbocycles. The molecule has 0 aliphatic rings. The Balaban J connectivity index is 2.30. The molecule has 1 aromatic heterocycles. The Bertz CT molecular complexity index is 480. The molecule has 0 fully saturated rings. The summed E-state index contributed by atoms with van der Waals surface area (Å²) in [5.41, 5.74) is 0.418. The van der Waals surface area contributed by atoms with Crippen molar-refractivity contribution in [1.29, 1.82) is 0 Å². The molecular weight excluding hydrogens is 274 g/mol. The Morgan fingerprint density at radius 3 is 2.48 bits per heavy atom. The van der Waals surface area contributed by atoms with Gasteiger partial charge in [0.05, 0.1) is 19.0 Å². The lowest BCUT2D eigenvalue weighted by Gasteiger charge is -2.19. The molecule has 1 N–H and O–H groups in total. The van der Waals surface area contributed by atoms with E-state index in [0.717, 1.165) is 5.69 Å². The number of carbonyl (C=O) groups excluding carboxylic acids is 2. The molecule has 0 aliphatic carbocycles. The van der Waals surface area contributed by atoms with Crippen molar-refractivity contribution in [1.82, 2.24) is 15.3 Å². The van der Waals surface area contributed by atoms with Crippen LogP contribution in [0.3, 0.4) is 0 Å². The molecule has 1 rings (SSSR count). The monoisotopic (exact) mass is 295 g/mol. The summed E-state index contributed by atoms with van der Waals surface area (Å²) in [6, 6.07) is 0. The minimum atomic E-state index is -0.513. The zero-order valence-corrected chi connectivity index (χ0v) is 12.8. The normalized spacial score (nSPS) is 10.9. The van der Waals surface area contributed by atoms with Crippen LogP contribution in [0.5, 0.6) is 0 Å². The van der Waals surface area contributed by atoms with Crippen molar-refractivity contribution in [3.8, 4) is 0 Å². The summed E-state index contributed by atoms with van der Waals surface area (Å²) in [5, 5.41) is 2.66. The number of nitrogens with zero attached hydrogens (tertiary/aromatic N) is 2. The quantitative estimate of drug-likeness (QED) is 0.657. The molecule has 116 valence electrons. The molecule has 21 heavy (non-hydrogen) atoms. The van der Waals surface area contributed by atoms with Gasteiger partial charge in [-0.2, -0.15) is 0 Å². The van der Waals surface area contributed by atoms with Gasteiger partial charge in [-0.15, -0.1) is 0 Å². The Kier molecular flexibility index (Phi) is 6.08. The largest absolute Gasteiger partial charge is 0.464 e. The van der Waals surface area contributed by atoms with Crippen molar-refractivity contribution in [2.45, 2.75) is 39.2 Å². The van der Waals surface area contributed by atoms with Crippen LogP contribution in [0.2, 0.25) is 0 Å². The first-order valence-electron chi connectivity index (χ1n) is 6.68. The number of hydrogen-bond donors (Lipinski definition) is 1. The fraction of sp³-hybridized carbons (Fsp3) is 0.571. The molecule has 1 aromatic rings. The number of aromatic nitrogens is 2. The maximum Gasteiger partial charge on any atom is 0.407 e. The molecule has 0 aromatic carbocycles. The molecule has 7 heteroatoms. The van der Waals surface area contributed by atoms with Gasteiger partial charge in [-0.25, -0.2) is 14.6 Å². The first-order chi connectivity index (χ1) is 9.81. The van der Waals surface area contributed by atoms with Gasteiger partial charge in [-0.3, -0.25) is 4.98 Å². The van der Waals surface area contributed by atoms with Gasteiger partial charge in [0, 0.05) is 12.7 Å². The van der Waals surface area contributed by atoms with Crippen LogP contribution >= 0.6 is 0 Å². The van der Waals surface area contributed by atoms with Crippen LogP contribution in [0.25, 0.3) is 0 Å². The van der Waals surface area contributed by atoms with Crippen LogP contribution in [0.1, 0.15) is 43.4 Å². The van der Waals surface area contributed by atoms with Gasteiger partial charge in [-0.05, 0) is 33.6 Å². The highest BCUT2D eigenvalue weighted by Gasteiger charge is 2.15. The van der Waals surface area contributed by atoms with Gasteiger partial charge in [0.2, 0.25) is 0 Å². The maximum absolute atomic E-state index is 11.4. The van der Waals surface area contributed by atoms with E-state index >= 15 is 0 Å². The predicted octanol–water partition coefficient (Wildman–Crippen LogP) is 1.72. The lowest BCUT2D eigenvalue weighted by molar-refractivity contribution is 0.0525. The number of ether oxygens (including phenoxy) is 2. The van der Waals surface area contributed by atoms with Crippen LogP contribution in [0.4, 0.5) is 4.79 Å². The van der Waals surface area contributed by atoms with Crippen molar-refractivity contribution in [2.75, 3.05) is 13.7 Å². The molecule has 0 unspecified atom stereocenters. The van der Waals surface area contributed by atoms with Crippen LogP contribution in [0.15, 0.2) is 12.4 Å². The topological polar surface area (TPSA) is 90.4 Å². The van der Waals surface area contributed by atoms with E-state index in [0.29, 0.717) is 19.4 Å². The summed E-state index contributed by atoms with van der Waals surface area (Å²) in [6.07, 6.45) is 3.81. The number of rotatable bonds is 5. The minimum Gasteiger partial charge on any atom is -0.464 e. The number of aryl methyl sites for hydroxylation is 1. The third kappa shape index (κ3) is 6.69. The number of carbonyl (C=O) groups is 2. The highest BCUT2D eigenvalue weighted by atomic mass is 16.6. The van der Waals surface area contributed by atoms with Gasteiger partial charge >= 0.3 is 12.1 Å². The number of alkyl carbamates (subject to hydrolysis) is 1. The second-order valence-corrected chi connectivity index (χ2v) is 5.42. The van der Waals surface area contributed by atoms with E-state index in [2.05, 4.69) is 20.0 Å². The van der Waals surface area contributed by atoms with E-state index in [4.69, 9.17) is 4.74 Å². The van der Waals surface area contributed by atoms with Gasteiger partial charge < -0.3 is 14.8 Å². The fourth-order valence-corrected chi connectivity index (χ4v) is 1.47. The smallest absolute Gasteiger partial charge is 0.407 e. The summed E-state index contributed by atoms with van der Waals surface area (Å²) in [6.45, 7) is 5.91. The lowest BCUT2D eigenvalue weighted by Crippen LogP contribution is -2.33. The standard InChI is InChI=1S/C14H21N3O4/c1-14(2,3)21-13(19)15-7-5-6-10-8-17-11(9-16-10)12(18)20-4/h8-9H,5-7H2,1-4H3,(H,15,19). The van der Waals surface area contributed by atoms with Crippen molar-refractivity contribution >= 4 is 12.1 Å². The number of esters is 1. The second kappa shape index (κ2) is 7.56. The third-order valence-electron chi connectivity index (χ3n) is 2.38. The average molecular weight is 295 g/mol. The van der Waals surface area contributed by atoms with E-state index in [1.54, 1.807) is 0 Å². The van der Waals surface area contributed by atoms with Crippen LogP contribution in [-0.4, -0.2) is 41.3 Å². The van der Waals surface area contributed by atoms with E-state index in [-0.39, 0.29) is 5.69 Å². The van der Waals surface area contributed by atoms with Gasteiger partial charge in [0.25, 0.3) is 0 Å². The highest BCUT2D eigenvalue weighted by molar-refractivity contribution is 5.86. The molecule has 7 nitrogen and oxygen atoms in total. The molecule has 0 radical (unpaired) electrons. The van der Waals surface area contributed by atoms with Crippen molar-refractivity contribution < 1.29 is 19.1 Å². The third-order valence-corrected chi connectivity index (χ3v) is 2.38. The molecule has 0 saturated heterocycles. The summed E-state index contributed by atoms with van der Waals surface area (Å²) in [7, 11) is 1.29. The Morgan fingerprint density at radius 2 is 1.95 bits per heavy atom. The van der Waals surface area contributed by atoms with Gasteiger partial charge in [-0.1, -0.05) is 0 Å². The summed E-state index contributed by atoms with van der Waals surface area (Å²) < 4.78 is 9.65. The Morgan fingerprint density at radius 1 is 1.24 bits per heavy atom. The molecule has 1 amide bonds. The maximum atomic E-state index is 11.4. The van der Waals surface area contributed by atoms with Crippen molar-refractivity contribution in [3.05, 3.63) is 23.8 Å². The zero-order valence-electron chi connectivity index (χ0n) is 12.8. The molecule has 0 bridgehead atoms. The fourth-order valence-electron chi connectivity index (χ4n) is 1.47. The lowest BCUT2D eigenvalue weighted by atomic mass is 10.2. The first kappa shape index (κ1) is 16.9. The Hall–Kier alpha value is -2.18. The SMILES string of the molecule is COC(=O)c1cnc(CCCNC(=O)OC(C)(C)C)cn1. The molecule has 1 heterocycles. The minimum absolute atomic E-state index is 0.174. The van der Waals surface area contributed by atoms with Crippen molar-refractivity contribution in [3.63, 3.8) is 0 Å².